The van der Waals surface area contributed by atoms with E-state index in [1.165, 1.54) is 11.0 Å². The van der Waals surface area contributed by atoms with Crippen molar-refractivity contribution in [3.63, 3.8) is 0 Å². The van der Waals surface area contributed by atoms with Gasteiger partial charge in [-0.1, -0.05) is 42.5 Å². The number of nitrogens with zero attached hydrogens (tertiary/aromatic N) is 2. The van der Waals surface area contributed by atoms with Crippen LogP contribution in [0.4, 0.5) is 17.1 Å². The standard InChI is InChI=1S/C24H21N3O6/c1-15-9-10-18(12-21(15)27(31)32)26-13-17(11-23(26)29)24(30)33-14-22(28)25-20-8-4-6-16-5-2-3-7-19(16)20/h2-10,12,17H,11,13-14H2,1H3,(H,25,28)/t17-/m1/s1. The van der Waals surface area contributed by atoms with Crippen LogP contribution in [0, 0.1) is 23.0 Å². The van der Waals surface area contributed by atoms with E-state index < -0.39 is 29.3 Å². The van der Waals surface area contributed by atoms with Crippen molar-refractivity contribution in [3.05, 3.63) is 76.3 Å². The quantitative estimate of drug-likeness (QED) is 0.350. The third-order valence-electron chi connectivity index (χ3n) is 5.57. The highest BCUT2D eigenvalue weighted by Gasteiger charge is 2.37. The third kappa shape index (κ3) is 4.67. The minimum absolute atomic E-state index is 0.0306. The molecule has 1 N–H and O–H groups in total. The number of nitro groups is 1. The summed E-state index contributed by atoms with van der Waals surface area (Å²) in [6, 6.07) is 17.6. The van der Waals surface area contributed by atoms with Crippen LogP contribution in [-0.2, 0) is 19.1 Å². The van der Waals surface area contributed by atoms with Crippen molar-refractivity contribution in [2.24, 2.45) is 5.92 Å². The van der Waals surface area contributed by atoms with Gasteiger partial charge < -0.3 is 15.0 Å². The van der Waals surface area contributed by atoms with Gasteiger partial charge in [0.05, 0.1) is 16.5 Å². The zero-order valence-corrected chi connectivity index (χ0v) is 17.8. The van der Waals surface area contributed by atoms with Crippen molar-refractivity contribution in [2.75, 3.05) is 23.4 Å². The molecule has 9 nitrogen and oxygen atoms in total. The number of carbonyl (C=O) groups is 3. The molecule has 0 aliphatic carbocycles. The maximum absolute atomic E-state index is 12.5. The van der Waals surface area contributed by atoms with Crippen molar-refractivity contribution < 1.29 is 24.0 Å². The second-order valence-electron chi connectivity index (χ2n) is 7.82. The fourth-order valence-corrected chi connectivity index (χ4v) is 3.85. The van der Waals surface area contributed by atoms with Gasteiger partial charge in [-0.3, -0.25) is 24.5 Å². The van der Waals surface area contributed by atoms with Gasteiger partial charge in [0.25, 0.3) is 11.6 Å². The SMILES string of the molecule is Cc1ccc(N2C[C@H](C(=O)OCC(=O)Nc3cccc4ccccc34)CC2=O)cc1[N+](=O)[O-]. The number of esters is 1. The van der Waals surface area contributed by atoms with Crippen molar-refractivity contribution in [1.82, 2.24) is 0 Å². The maximum Gasteiger partial charge on any atom is 0.311 e. The number of rotatable bonds is 6. The molecule has 168 valence electrons. The number of hydrogen-bond acceptors (Lipinski definition) is 6. The lowest BCUT2D eigenvalue weighted by Crippen LogP contribution is -2.28. The largest absolute Gasteiger partial charge is 0.455 e. The number of benzene rings is 3. The molecule has 1 aliphatic heterocycles. The van der Waals surface area contributed by atoms with Gasteiger partial charge in [0.2, 0.25) is 5.91 Å². The van der Waals surface area contributed by atoms with E-state index >= 15 is 0 Å². The molecule has 9 heteroatoms. The molecule has 1 atom stereocenters. The topological polar surface area (TPSA) is 119 Å². The molecule has 3 aromatic rings. The van der Waals surface area contributed by atoms with Crippen LogP contribution in [0.25, 0.3) is 10.8 Å². The minimum Gasteiger partial charge on any atom is -0.455 e. The fourth-order valence-electron chi connectivity index (χ4n) is 3.85. The van der Waals surface area contributed by atoms with Gasteiger partial charge in [-0.25, -0.2) is 0 Å². The highest BCUT2D eigenvalue weighted by molar-refractivity contribution is 6.03. The number of fused-ring (bicyclic) bond motifs is 1. The Labute approximate surface area is 189 Å². The summed E-state index contributed by atoms with van der Waals surface area (Å²) in [6.07, 6.45) is -0.0918. The number of amides is 2. The zero-order valence-electron chi connectivity index (χ0n) is 17.8. The molecule has 0 bridgehead atoms. The minimum atomic E-state index is -0.761. The molecule has 0 saturated carbocycles. The highest BCUT2D eigenvalue weighted by atomic mass is 16.6. The summed E-state index contributed by atoms with van der Waals surface area (Å²) in [5, 5.41) is 15.8. The molecule has 1 aliphatic rings. The monoisotopic (exact) mass is 447 g/mol. The Morgan fingerprint density at radius 1 is 1.15 bits per heavy atom. The second kappa shape index (κ2) is 9.07. The molecular weight excluding hydrogens is 426 g/mol. The van der Waals surface area contributed by atoms with Gasteiger partial charge in [-0.2, -0.15) is 0 Å². The van der Waals surface area contributed by atoms with Crippen LogP contribution in [0.5, 0.6) is 0 Å². The Hall–Kier alpha value is -4.27. The van der Waals surface area contributed by atoms with Gasteiger partial charge in [-0.05, 0) is 24.4 Å². The molecule has 4 rings (SSSR count). The van der Waals surface area contributed by atoms with Crippen LogP contribution in [0.2, 0.25) is 0 Å². The number of ether oxygens (including phenoxy) is 1. The number of carbonyl (C=O) groups excluding carboxylic acids is 3. The van der Waals surface area contributed by atoms with E-state index in [1.807, 2.05) is 36.4 Å². The Kier molecular flexibility index (Phi) is 6.03. The molecule has 0 unspecified atom stereocenters. The van der Waals surface area contributed by atoms with Crippen LogP contribution >= 0.6 is 0 Å². The fraction of sp³-hybridized carbons (Fsp3) is 0.208. The zero-order chi connectivity index (χ0) is 23.5. The lowest BCUT2D eigenvalue weighted by Gasteiger charge is -2.17. The number of nitro benzene ring substituents is 1. The van der Waals surface area contributed by atoms with E-state index in [0.29, 0.717) is 16.9 Å². The summed E-state index contributed by atoms with van der Waals surface area (Å²) >= 11 is 0. The first kappa shape index (κ1) is 21.9. The Morgan fingerprint density at radius 3 is 2.70 bits per heavy atom. The molecular formula is C24H21N3O6. The third-order valence-corrected chi connectivity index (χ3v) is 5.57. The van der Waals surface area contributed by atoms with E-state index in [4.69, 9.17) is 4.74 Å². The molecule has 33 heavy (non-hydrogen) atoms. The molecule has 3 aromatic carbocycles. The van der Waals surface area contributed by atoms with Crippen molar-refractivity contribution in [3.8, 4) is 0 Å². The molecule has 0 aromatic heterocycles. The first-order valence-electron chi connectivity index (χ1n) is 10.3. The van der Waals surface area contributed by atoms with Gasteiger partial charge in [0, 0.05) is 35.7 Å². The highest BCUT2D eigenvalue weighted by Crippen LogP contribution is 2.30. The first-order chi connectivity index (χ1) is 15.8. The average molecular weight is 447 g/mol. The number of anilines is 2. The lowest BCUT2D eigenvalue weighted by atomic mass is 10.1. The van der Waals surface area contributed by atoms with Crippen molar-refractivity contribution >= 4 is 45.6 Å². The molecule has 0 spiro atoms. The Morgan fingerprint density at radius 2 is 1.91 bits per heavy atom. The average Bonchev–Trinajstić information content (AvgIpc) is 3.19. The molecule has 0 radical (unpaired) electrons. The summed E-state index contributed by atoms with van der Waals surface area (Å²) in [5.74, 6) is -2.26. The van der Waals surface area contributed by atoms with Gasteiger partial charge in [0.1, 0.15) is 0 Å². The van der Waals surface area contributed by atoms with Crippen LogP contribution < -0.4 is 10.2 Å². The maximum atomic E-state index is 12.5. The normalized spacial score (nSPS) is 15.5. The van der Waals surface area contributed by atoms with Crippen molar-refractivity contribution in [1.29, 1.82) is 0 Å². The van der Waals surface area contributed by atoms with Gasteiger partial charge in [-0.15, -0.1) is 0 Å². The van der Waals surface area contributed by atoms with Crippen LogP contribution in [0.1, 0.15) is 12.0 Å². The van der Waals surface area contributed by atoms with Crippen LogP contribution in [0.3, 0.4) is 0 Å². The molecule has 1 saturated heterocycles. The van der Waals surface area contributed by atoms with E-state index in [9.17, 15) is 24.5 Å². The van der Waals surface area contributed by atoms with Crippen LogP contribution in [-0.4, -0.2) is 35.9 Å². The Balaban J connectivity index is 1.36. The summed E-state index contributed by atoms with van der Waals surface area (Å²) in [5.41, 5.74) is 1.33. The van der Waals surface area contributed by atoms with Gasteiger partial charge in [0.15, 0.2) is 6.61 Å². The smallest absolute Gasteiger partial charge is 0.311 e. The predicted octanol–water partition coefficient (Wildman–Crippen LogP) is 3.59. The number of aryl methyl sites for hydroxylation is 1. The second-order valence-corrected chi connectivity index (χ2v) is 7.82. The lowest BCUT2D eigenvalue weighted by molar-refractivity contribution is -0.385. The molecule has 2 amide bonds. The van der Waals surface area contributed by atoms with E-state index in [-0.39, 0.29) is 24.6 Å². The van der Waals surface area contributed by atoms with E-state index in [1.54, 1.807) is 25.1 Å². The summed E-state index contributed by atoms with van der Waals surface area (Å²) in [6.45, 7) is 1.16. The summed E-state index contributed by atoms with van der Waals surface area (Å²) in [4.78, 5) is 49.2. The van der Waals surface area contributed by atoms with E-state index in [2.05, 4.69) is 5.32 Å². The van der Waals surface area contributed by atoms with E-state index in [0.717, 1.165) is 10.8 Å². The molecule has 1 heterocycles. The predicted molar refractivity (Wildman–Crippen MR) is 122 cm³/mol. The number of nitrogens with one attached hydrogen (secondary N) is 1. The van der Waals surface area contributed by atoms with Gasteiger partial charge >= 0.3 is 5.97 Å². The Bertz CT molecular complexity index is 1270. The van der Waals surface area contributed by atoms with Crippen molar-refractivity contribution in [2.45, 2.75) is 13.3 Å². The van der Waals surface area contributed by atoms with Crippen LogP contribution in [0.15, 0.2) is 60.7 Å². The number of hydrogen-bond donors (Lipinski definition) is 1. The summed E-state index contributed by atoms with van der Waals surface area (Å²) < 4.78 is 5.15. The molecule has 1 fully saturated rings. The first-order valence-corrected chi connectivity index (χ1v) is 10.3. The summed E-state index contributed by atoms with van der Waals surface area (Å²) in [7, 11) is 0.